The van der Waals surface area contributed by atoms with Gasteiger partial charge in [-0.15, -0.1) is 0 Å². The number of hydrogen-bond acceptors (Lipinski definition) is 3. The molecule has 1 rings (SSSR count). The van der Waals surface area contributed by atoms with Gasteiger partial charge < -0.3 is 9.84 Å². The Morgan fingerprint density at radius 3 is 2.53 bits per heavy atom. The zero-order valence-electron chi connectivity index (χ0n) is 11.1. The van der Waals surface area contributed by atoms with Gasteiger partial charge in [0.25, 0.3) is 0 Å². The Kier molecular flexibility index (Phi) is 5.34. The van der Waals surface area contributed by atoms with Crippen molar-refractivity contribution >= 4 is 11.8 Å². The maximum Gasteiger partial charge on any atom is 0.125 e. The Labute approximate surface area is 108 Å². The zero-order chi connectivity index (χ0) is 12.9. The minimum absolute atomic E-state index is 0.168. The van der Waals surface area contributed by atoms with E-state index < -0.39 is 6.10 Å². The number of ether oxygens (including phenoxy) is 1. The molecule has 0 heterocycles. The van der Waals surface area contributed by atoms with Crippen LogP contribution in [0.3, 0.4) is 0 Å². The van der Waals surface area contributed by atoms with Gasteiger partial charge in [-0.3, -0.25) is 0 Å². The Morgan fingerprint density at radius 2 is 1.94 bits per heavy atom. The summed E-state index contributed by atoms with van der Waals surface area (Å²) in [5, 5.41) is 10.2. The number of aliphatic hydroxyl groups is 1. The van der Waals surface area contributed by atoms with Crippen LogP contribution in [0.15, 0.2) is 24.3 Å². The molecule has 1 N–H and O–H groups in total. The summed E-state index contributed by atoms with van der Waals surface area (Å²) in [6.45, 7) is 9.03. The molecule has 0 aliphatic rings. The second-order valence-electron chi connectivity index (χ2n) is 4.91. The molecule has 0 saturated heterocycles. The number of hydrogen-bond donors (Lipinski definition) is 1. The number of thioether (sulfide) groups is 1. The summed E-state index contributed by atoms with van der Waals surface area (Å²) in [4.78, 5) is 0. The van der Waals surface area contributed by atoms with E-state index in [9.17, 15) is 5.11 Å². The predicted molar refractivity (Wildman–Crippen MR) is 74.8 cm³/mol. The number of aliphatic hydroxyl groups excluding tert-OH is 1. The Morgan fingerprint density at radius 1 is 1.29 bits per heavy atom. The minimum atomic E-state index is -0.470. The van der Waals surface area contributed by atoms with Gasteiger partial charge in [0.15, 0.2) is 0 Å². The molecule has 0 fully saturated rings. The van der Waals surface area contributed by atoms with Gasteiger partial charge in [-0.1, -0.05) is 39.0 Å². The fourth-order valence-electron chi connectivity index (χ4n) is 1.46. The molecule has 0 bridgehead atoms. The van der Waals surface area contributed by atoms with Gasteiger partial charge in [-0.05, 0) is 13.0 Å². The maximum atomic E-state index is 10.2. The van der Waals surface area contributed by atoms with E-state index in [0.29, 0.717) is 12.4 Å². The molecule has 0 aliphatic heterocycles. The van der Waals surface area contributed by atoms with Crippen molar-refractivity contribution in [1.29, 1.82) is 0 Å². The van der Waals surface area contributed by atoms with Crippen molar-refractivity contribution < 1.29 is 9.84 Å². The van der Waals surface area contributed by atoms with Crippen molar-refractivity contribution in [2.45, 2.75) is 38.5 Å². The van der Waals surface area contributed by atoms with E-state index in [1.807, 2.05) is 31.2 Å². The van der Waals surface area contributed by atoms with Crippen LogP contribution in [-0.4, -0.2) is 22.2 Å². The predicted octanol–water partition coefficient (Wildman–Crippen LogP) is 3.65. The normalized spacial score (nSPS) is 13.5. The summed E-state index contributed by atoms with van der Waals surface area (Å²) in [6.07, 6.45) is -0.470. The monoisotopic (exact) mass is 254 g/mol. The van der Waals surface area contributed by atoms with Crippen molar-refractivity contribution in [3.63, 3.8) is 0 Å². The molecule has 17 heavy (non-hydrogen) atoms. The molecule has 3 heteroatoms. The quantitative estimate of drug-likeness (QED) is 0.869. The lowest BCUT2D eigenvalue weighted by Gasteiger charge is -2.21. The van der Waals surface area contributed by atoms with Crippen molar-refractivity contribution in [3.05, 3.63) is 29.8 Å². The van der Waals surface area contributed by atoms with Crippen LogP contribution in [0.5, 0.6) is 5.75 Å². The first-order valence-electron chi connectivity index (χ1n) is 5.98. The van der Waals surface area contributed by atoms with Crippen molar-refractivity contribution in [3.8, 4) is 5.75 Å². The van der Waals surface area contributed by atoms with Gasteiger partial charge in [0.2, 0.25) is 0 Å². The van der Waals surface area contributed by atoms with Gasteiger partial charge in [-0.2, -0.15) is 11.8 Å². The van der Waals surface area contributed by atoms with Crippen molar-refractivity contribution in [2.75, 3.05) is 12.4 Å². The smallest absolute Gasteiger partial charge is 0.125 e. The first kappa shape index (κ1) is 14.4. The highest BCUT2D eigenvalue weighted by Crippen LogP contribution is 2.32. The van der Waals surface area contributed by atoms with Gasteiger partial charge in [-0.25, -0.2) is 0 Å². The third-order valence-electron chi connectivity index (χ3n) is 2.25. The molecule has 1 atom stereocenters. The van der Waals surface area contributed by atoms with Crippen LogP contribution in [0.4, 0.5) is 0 Å². The van der Waals surface area contributed by atoms with Crippen LogP contribution in [0.2, 0.25) is 0 Å². The molecule has 0 aliphatic carbocycles. The molecule has 1 aromatic rings. The van der Waals surface area contributed by atoms with Crippen molar-refractivity contribution in [2.24, 2.45) is 0 Å². The fraction of sp³-hybridized carbons (Fsp3) is 0.571. The molecule has 96 valence electrons. The molecule has 0 saturated carbocycles. The Bertz CT molecular complexity index is 344. The zero-order valence-corrected chi connectivity index (χ0v) is 11.9. The van der Waals surface area contributed by atoms with Crippen LogP contribution in [-0.2, 0) is 0 Å². The standard InChI is InChI=1S/C14H22O2S/c1-5-16-13-9-7-6-8-11(13)12(15)10-17-14(2,3)4/h6-9,12,15H,5,10H2,1-4H3. The average molecular weight is 254 g/mol. The van der Waals surface area contributed by atoms with Crippen LogP contribution >= 0.6 is 11.8 Å². The molecular formula is C14H22O2S. The highest BCUT2D eigenvalue weighted by Gasteiger charge is 2.17. The topological polar surface area (TPSA) is 29.5 Å². The van der Waals surface area contributed by atoms with Gasteiger partial charge in [0.05, 0.1) is 12.7 Å². The summed E-state index contributed by atoms with van der Waals surface area (Å²) >= 11 is 1.76. The highest BCUT2D eigenvalue weighted by molar-refractivity contribution is 8.00. The Balaban J connectivity index is 2.70. The molecule has 2 nitrogen and oxygen atoms in total. The van der Waals surface area contributed by atoms with E-state index in [-0.39, 0.29) is 4.75 Å². The van der Waals surface area contributed by atoms with E-state index in [1.165, 1.54) is 0 Å². The summed E-state index contributed by atoms with van der Waals surface area (Å²) in [6, 6.07) is 7.70. The number of para-hydroxylation sites is 1. The molecular weight excluding hydrogens is 232 g/mol. The highest BCUT2D eigenvalue weighted by atomic mass is 32.2. The van der Waals surface area contributed by atoms with Crippen LogP contribution in [0.1, 0.15) is 39.4 Å². The van der Waals surface area contributed by atoms with Gasteiger partial charge in [0, 0.05) is 16.1 Å². The SMILES string of the molecule is CCOc1ccccc1C(O)CSC(C)(C)C. The second-order valence-corrected chi connectivity index (χ2v) is 6.76. The van der Waals surface area contributed by atoms with E-state index in [2.05, 4.69) is 20.8 Å². The van der Waals surface area contributed by atoms with Gasteiger partial charge in [0.1, 0.15) is 5.75 Å². The van der Waals surface area contributed by atoms with E-state index in [1.54, 1.807) is 11.8 Å². The average Bonchev–Trinajstić information content (AvgIpc) is 2.26. The largest absolute Gasteiger partial charge is 0.493 e. The Hall–Kier alpha value is -0.670. The lowest BCUT2D eigenvalue weighted by Crippen LogP contribution is -2.12. The molecule has 1 unspecified atom stereocenters. The van der Waals surface area contributed by atoms with Crippen LogP contribution in [0, 0.1) is 0 Å². The van der Waals surface area contributed by atoms with E-state index >= 15 is 0 Å². The first-order chi connectivity index (χ1) is 7.94. The molecule has 0 amide bonds. The molecule has 0 spiro atoms. The summed E-state index contributed by atoms with van der Waals surface area (Å²) in [5.74, 6) is 1.48. The number of rotatable bonds is 5. The molecule has 0 aromatic heterocycles. The van der Waals surface area contributed by atoms with Gasteiger partial charge >= 0.3 is 0 Å². The fourth-order valence-corrected chi connectivity index (χ4v) is 2.30. The van der Waals surface area contributed by atoms with Crippen molar-refractivity contribution in [1.82, 2.24) is 0 Å². The van der Waals surface area contributed by atoms with Crippen LogP contribution < -0.4 is 4.74 Å². The summed E-state index contributed by atoms with van der Waals surface area (Å²) in [7, 11) is 0. The molecule has 0 radical (unpaired) electrons. The second kappa shape index (κ2) is 6.31. The lowest BCUT2D eigenvalue weighted by molar-refractivity contribution is 0.196. The summed E-state index contributed by atoms with van der Waals surface area (Å²) in [5.41, 5.74) is 0.881. The first-order valence-corrected chi connectivity index (χ1v) is 6.96. The molecule has 1 aromatic carbocycles. The van der Waals surface area contributed by atoms with E-state index in [0.717, 1.165) is 11.3 Å². The van der Waals surface area contributed by atoms with Crippen LogP contribution in [0.25, 0.3) is 0 Å². The third-order valence-corrected chi connectivity index (χ3v) is 3.60. The third kappa shape index (κ3) is 5.00. The maximum absolute atomic E-state index is 10.2. The minimum Gasteiger partial charge on any atom is -0.493 e. The summed E-state index contributed by atoms with van der Waals surface area (Å²) < 4.78 is 5.69. The lowest BCUT2D eigenvalue weighted by atomic mass is 10.1. The van der Waals surface area contributed by atoms with E-state index in [4.69, 9.17) is 4.74 Å². The number of benzene rings is 1.